The van der Waals surface area contributed by atoms with E-state index in [-0.39, 0.29) is 0 Å². The van der Waals surface area contributed by atoms with Crippen LogP contribution in [0.4, 0.5) is 0 Å². The topological polar surface area (TPSA) is 8.29 Å². The number of hydrogen-bond acceptors (Lipinski definition) is 0. The van der Waals surface area contributed by atoms with E-state index < -0.39 is 0 Å². The number of rotatable bonds is 1. The molecule has 0 bridgehead atoms. The van der Waals surface area contributed by atoms with Crippen molar-refractivity contribution in [3.8, 4) is 11.1 Å². The molecule has 0 N–H and O–H groups in total. The van der Waals surface area contributed by atoms with Gasteiger partial charge in [0.2, 0.25) is 0 Å². The Labute approximate surface area is 101 Å². The summed E-state index contributed by atoms with van der Waals surface area (Å²) >= 11 is 0. The first-order chi connectivity index (χ1) is 8.27. The van der Waals surface area contributed by atoms with Crippen LogP contribution in [0.15, 0.2) is 55.0 Å². The molecule has 0 amide bonds. The van der Waals surface area contributed by atoms with E-state index in [4.69, 9.17) is 0 Å². The van der Waals surface area contributed by atoms with Crippen LogP contribution in [-0.2, 0) is 7.05 Å². The molecule has 0 saturated carbocycles. The number of aromatic nitrogens is 2. The van der Waals surface area contributed by atoms with E-state index in [2.05, 4.69) is 77.9 Å². The van der Waals surface area contributed by atoms with Crippen LogP contribution in [0.25, 0.3) is 16.8 Å². The molecule has 0 radical (unpaired) electrons. The summed E-state index contributed by atoms with van der Waals surface area (Å²) in [5.74, 6) is 0. The van der Waals surface area contributed by atoms with Crippen molar-refractivity contribution in [1.82, 2.24) is 4.40 Å². The van der Waals surface area contributed by atoms with E-state index in [9.17, 15) is 0 Å². The van der Waals surface area contributed by atoms with E-state index in [1.165, 1.54) is 22.3 Å². The maximum atomic E-state index is 2.18. The summed E-state index contributed by atoms with van der Waals surface area (Å²) in [7, 11) is 2.08. The predicted octanol–water partition coefficient (Wildman–Crippen LogP) is 2.74. The molecule has 1 aromatic carbocycles. The molecular weight excluding hydrogens is 208 g/mol. The first kappa shape index (κ1) is 10.1. The average molecular weight is 223 g/mol. The van der Waals surface area contributed by atoms with Crippen LogP contribution in [-0.4, -0.2) is 4.40 Å². The second-order valence-corrected chi connectivity index (χ2v) is 4.38. The highest BCUT2D eigenvalue weighted by atomic mass is 15.1. The lowest BCUT2D eigenvalue weighted by Crippen LogP contribution is -2.26. The second kappa shape index (κ2) is 3.74. The van der Waals surface area contributed by atoms with Crippen LogP contribution >= 0.6 is 0 Å². The molecule has 0 unspecified atom stereocenters. The number of imidazole rings is 1. The van der Waals surface area contributed by atoms with Crippen LogP contribution in [0.3, 0.4) is 0 Å². The van der Waals surface area contributed by atoms with Crippen molar-refractivity contribution >= 4 is 5.65 Å². The summed E-state index contributed by atoms with van der Waals surface area (Å²) in [5.41, 5.74) is 5.11. The van der Waals surface area contributed by atoms with Gasteiger partial charge in [-0.15, -0.1) is 0 Å². The maximum absolute atomic E-state index is 2.18. The number of pyridine rings is 1. The molecule has 0 fully saturated rings. The highest BCUT2D eigenvalue weighted by molar-refractivity contribution is 5.77. The molecule has 0 aliphatic heterocycles. The van der Waals surface area contributed by atoms with Gasteiger partial charge in [-0.3, -0.25) is 0 Å². The van der Waals surface area contributed by atoms with Crippen LogP contribution in [0.1, 0.15) is 5.56 Å². The Morgan fingerprint density at radius 1 is 0.941 bits per heavy atom. The molecule has 2 aromatic heterocycles. The largest absolute Gasteiger partial charge is 0.293 e. The van der Waals surface area contributed by atoms with Crippen LogP contribution in [0.5, 0.6) is 0 Å². The smallest absolute Gasteiger partial charge is 0.232 e. The quantitative estimate of drug-likeness (QED) is 0.561. The molecule has 2 heteroatoms. The molecule has 3 rings (SSSR count). The monoisotopic (exact) mass is 223 g/mol. The van der Waals surface area contributed by atoms with Gasteiger partial charge in [-0.25, -0.2) is 8.97 Å². The third-order valence-electron chi connectivity index (χ3n) is 3.22. The fourth-order valence-corrected chi connectivity index (χ4v) is 2.34. The summed E-state index contributed by atoms with van der Waals surface area (Å²) in [6.45, 7) is 2.15. The van der Waals surface area contributed by atoms with E-state index in [0.29, 0.717) is 0 Å². The van der Waals surface area contributed by atoms with Gasteiger partial charge in [-0.1, -0.05) is 24.3 Å². The van der Waals surface area contributed by atoms with Crippen molar-refractivity contribution < 1.29 is 4.57 Å². The Kier molecular flexibility index (Phi) is 2.22. The van der Waals surface area contributed by atoms with Crippen molar-refractivity contribution in [3.63, 3.8) is 0 Å². The van der Waals surface area contributed by atoms with E-state index >= 15 is 0 Å². The fourth-order valence-electron chi connectivity index (χ4n) is 2.34. The minimum absolute atomic E-state index is 1.22. The number of benzene rings is 1. The van der Waals surface area contributed by atoms with Crippen molar-refractivity contribution in [2.24, 2.45) is 7.05 Å². The minimum Gasteiger partial charge on any atom is -0.232 e. The SMILES string of the molecule is Cc1ccccc1-c1cccn2cc[n+](C)c12. The Bertz CT molecular complexity index is 680. The van der Waals surface area contributed by atoms with Crippen molar-refractivity contribution in [3.05, 3.63) is 60.6 Å². The van der Waals surface area contributed by atoms with Crippen molar-refractivity contribution in [1.29, 1.82) is 0 Å². The molecule has 3 aromatic rings. The van der Waals surface area contributed by atoms with Gasteiger partial charge in [-0.2, -0.15) is 0 Å². The zero-order chi connectivity index (χ0) is 11.8. The number of fused-ring (bicyclic) bond motifs is 1. The third kappa shape index (κ3) is 1.53. The molecule has 0 aliphatic rings. The Morgan fingerprint density at radius 2 is 1.71 bits per heavy atom. The molecule has 0 atom stereocenters. The molecule has 84 valence electrons. The van der Waals surface area contributed by atoms with Gasteiger partial charge in [0, 0.05) is 0 Å². The average Bonchev–Trinajstić information content (AvgIpc) is 2.72. The highest BCUT2D eigenvalue weighted by Crippen LogP contribution is 2.25. The Morgan fingerprint density at radius 3 is 2.53 bits per heavy atom. The van der Waals surface area contributed by atoms with Crippen LogP contribution in [0, 0.1) is 6.92 Å². The van der Waals surface area contributed by atoms with Gasteiger partial charge in [0.15, 0.2) is 0 Å². The summed E-state index contributed by atoms with van der Waals surface area (Å²) in [6, 6.07) is 12.8. The number of hydrogen-bond donors (Lipinski definition) is 0. The lowest BCUT2D eigenvalue weighted by molar-refractivity contribution is -0.644. The third-order valence-corrected chi connectivity index (χ3v) is 3.22. The maximum Gasteiger partial charge on any atom is 0.293 e. The zero-order valence-electron chi connectivity index (χ0n) is 10.1. The van der Waals surface area contributed by atoms with E-state index in [1.54, 1.807) is 0 Å². The zero-order valence-corrected chi connectivity index (χ0v) is 10.1. The van der Waals surface area contributed by atoms with E-state index in [0.717, 1.165) is 0 Å². The summed E-state index contributed by atoms with van der Waals surface area (Å²) in [5, 5.41) is 0. The van der Waals surface area contributed by atoms with Crippen LogP contribution < -0.4 is 4.57 Å². The molecule has 0 spiro atoms. The van der Waals surface area contributed by atoms with Gasteiger partial charge in [-0.05, 0) is 30.2 Å². The lowest BCUT2D eigenvalue weighted by Gasteiger charge is -2.04. The number of nitrogens with zero attached hydrogens (tertiary/aromatic N) is 2. The number of aryl methyl sites for hydroxylation is 2. The van der Waals surface area contributed by atoms with E-state index in [1.807, 2.05) is 0 Å². The summed E-state index contributed by atoms with van der Waals surface area (Å²) < 4.78 is 4.31. The minimum atomic E-state index is 1.22. The standard InChI is InChI=1S/C15H15N2/c1-12-6-3-4-7-13(12)14-8-5-9-17-11-10-16(2)15(14)17/h3-11H,1-2H3/q+1. The van der Waals surface area contributed by atoms with Gasteiger partial charge in [0.05, 0.1) is 18.8 Å². The Hall–Kier alpha value is -2.09. The summed E-state index contributed by atoms with van der Waals surface area (Å²) in [4.78, 5) is 0. The Balaban J connectivity index is 2.38. The van der Waals surface area contributed by atoms with Gasteiger partial charge in [0.1, 0.15) is 12.4 Å². The molecule has 0 saturated heterocycles. The van der Waals surface area contributed by atoms with Crippen molar-refractivity contribution in [2.45, 2.75) is 6.92 Å². The predicted molar refractivity (Wildman–Crippen MR) is 68.7 cm³/mol. The molecule has 0 aliphatic carbocycles. The van der Waals surface area contributed by atoms with Gasteiger partial charge in [0.25, 0.3) is 5.65 Å². The molecule has 2 nitrogen and oxygen atoms in total. The highest BCUT2D eigenvalue weighted by Gasteiger charge is 2.14. The first-order valence-electron chi connectivity index (χ1n) is 5.79. The fraction of sp³-hybridized carbons (Fsp3) is 0.133. The van der Waals surface area contributed by atoms with Crippen molar-refractivity contribution in [2.75, 3.05) is 0 Å². The molecular formula is C15H15N2+. The normalized spacial score (nSPS) is 10.9. The summed E-state index contributed by atoms with van der Waals surface area (Å²) in [6.07, 6.45) is 6.24. The van der Waals surface area contributed by atoms with Crippen LogP contribution in [0.2, 0.25) is 0 Å². The second-order valence-electron chi connectivity index (χ2n) is 4.38. The van der Waals surface area contributed by atoms with Gasteiger partial charge < -0.3 is 0 Å². The molecule has 2 heterocycles. The molecule has 17 heavy (non-hydrogen) atoms. The lowest BCUT2D eigenvalue weighted by atomic mass is 10.0. The first-order valence-corrected chi connectivity index (χ1v) is 5.79. The van der Waals surface area contributed by atoms with Gasteiger partial charge >= 0.3 is 0 Å².